The molecule has 1 N–H and O–H groups in total. The number of ether oxygens (including phenoxy) is 2. The molecule has 6 nitrogen and oxygen atoms in total. The minimum Gasteiger partial charge on any atom is -0.496 e. The van der Waals surface area contributed by atoms with Gasteiger partial charge in [-0.2, -0.15) is 0 Å². The Kier molecular flexibility index (Phi) is 9.05. The lowest BCUT2D eigenvalue weighted by Gasteiger charge is -2.41. The van der Waals surface area contributed by atoms with E-state index in [0.29, 0.717) is 26.0 Å². The van der Waals surface area contributed by atoms with Crippen molar-refractivity contribution in [2.75, 3.05) is 46.5 Å². The van der Waals surface area contributed by atoms with Crippen LogP contribution >= 0.6 is 0 Å². The van der Waals surface area contributed by atoms with Gasteiger partial charge < -0.3 is 19.5 Å². The van der Waals surface area contributed by atoms with Crippen molar-refractivity contribution in [3.05, 3.63) is 59.7 Å². The van der Waals surface area contributed by atoms with E-state index in [0.717, 1.165) is 75.3 Å². The van der Waals surface area contributed by atoms with Gasteiger partial charge in [0.1, 0.15) is 18.1 Å². The summed E-state index contributed by atoms with van der Waals surface area (Å²) in [5, 5.41) is 10.2. The van der Waals surface area contributed by atoms with Crippen LogP contribution in [-0.2, 0) is 17.8 Å². The van der Waals surface area contributed by atoms with E-state index in [4.69, 9.17) is 9.47 Å². The summed E-state index contributed by atoms with van der Waals surface area (Å²) in [6.45, 7) is 4.90. The van der Waals surface area contributed by atoms with Crippen molar-refractivity contribution >= 4 is 5.91 Å². The molecule has 2 aromatic rings. The number of rotatable bonds is 5. The highest BCUT2D eigenvalue weighted by Crippen LogP contribution is 2.37. The molecule has 0 spiro atoms. The van der Waals surface area contributed by atoms with E-state index in [2.05, 4.69) is 17.0 Å². The molecule has 6 heteroatoms. The first-order valence-corrected chi connectivity index (χ1v) is 13.1. The smallest absolute Gasteiger partial charge is 0.223 e. The summed E-state index contributed by atoms with van der Waals surface area (Å²) in [5.41, 5.74) is 2.27. The predicted octanol–water partition coefficient (Wildman–Crippen LogP) is 4.29. The minimum absolute atomic E-state index is 0.0192. The standard InChI is InChI=1S/C29H40N2O4/c1-34-26-10-4-2-8-24(26)12-13-28(33)31-17-7-6-14-29(23-32)15-18-30(19-16-29)22-25-9-3-5-11-27(25)35-21-20-31/h2-5,8-11,32H,6-7,12-23H2,1H3. The molecule has 0 radical (unpaired) electrons. The van der Waals surface area contributed by atoms with Gasteiger partial charge in [0, 0.05) is 31.7 Å². The van der Waals surface area contributed by atoms with Crippen LogP contribution in [0.2, 0.25) is 0 Å². The van der Waals surface area contributed by atoms with E-state index < -0.39 is 0 Å². The molecule has 35 heavy (non-hydrogen) atoms. The lowest BCUT2D eigenvalue weighted by molar-refractivity contribution is -0.131. The number of methoxy groups -OCH3 is 1. The number of nitrogens with zero attached hydrogens (tertiary/aromatic N) is 2. The van der Waals surface area contributed by atoms with Crippen LogP contribution in [0.1, 0.15) is 49.7 Å². The molecule has 3 aliphatic heterocycles. The van der Waals surface area contributed by atoms with Gasteiger partial charge in [-0.05, 0) is 68.3 Å². The summed E-state index contributed by atoms with van der Waals surface area (Å²) >= 11 is 0. The highest BCUT2D eigenvalue weighted by Gasteiger charge is 2.33. The molecule has 3 heterocycles. The van der Waals surface area contributed by atoms with Crippen LogP contribution in [0.15, 0.2) is 48.5 Å². The number of piperidine rings is 1. The van der Waals surface area contributed by atoms with Gasteiger partial charge in [-0.3, -0.25) is 9.69 Å². The summed E-state index contributed by atoms with van der Waals surface area (Å²) in [5.74, 6) is 1.89. The lowest BCUT2D eigenvalue weighted by Crippen LogP contribution is -2.41. The van der Waals surface area contributed by atoms with Crippen molar-refractivity contribution < 1.29 is 19.4 Å². The van der Waals surface area contributed by atoms with E-state index in [-0.39, 0.29) is 17.9 Å². The first-order chi connectivity index (χ1) is 17.1. The maximum absolute atomic E-state index is 13.2. The van der Waals surface area contributed by atoms with Gasteiger partial charge in [0.05, 0.1) is 13.7 Å². The Hall–Kier alpha value is -2.57. The van der Waals surface area contributed by atoms with E-state index in [9.17, 15) is 9.90 Å². The van der Waals surface area contributed by atoms with Crippen molar-refractivity contribution in [3.8, 4) is 11.5 Å². The summed E-state index contributed by atoms with van der Waals surface area (Å²) < 4.78 is 11.7. The van der Waals surface area contributed by atoms with Crippen LogP contribution in [0.4, 0.5) is 0 Å². The quantitative estimate of drug-likeness (QED) is 0.692. The van der Waals surface area contributed by atoms with E-state index >= 15 is 0 Å². The number of amides is 1. The number of fused-ring (bicyclic) bond motifs is 9. The number of para-hydroxylation sites is 2. The minimum atomic E-state index is 0.0192. The fraction of sp³-hybridized carbons (Fsp3) is 0.552. The zero-order valence-electron chi connectivity index (χ0n) is 21.1. The third-order valence-corrected chi connectivity index (χ3v) is 7.78. The normalized spacial score (nSPS) is 23.5. The van der Waals surface area contributed by atoms with Crippen LogP contribution < -0.4 is 9.47 Å². The van der Waals surface area contributed by atoms with Crippen molar-refractivity contribution in [1.29, 1.82) is 0 Å². The maximum atomic E-state index is 13.2. The second-order valence-corrected chi connectivity index (χ2v) is 10.0. The largest absolute Gasteiger partial charge is 0.496 e. The predicted molar refractivity (Wildman–Crippen MR) is 138 cm³/mol. The third kappa shape index (κ3) is 6.77. The van der Waals surface area contributed by atoms with Gasteiger partial charge in [0.15, 0.2) is 0 Å². The van der Waals surface area contributed by atoms with Crippen molar-refractivity contribution in [2.45, 2.75) is 51.5 Å². The van der Waals surface area contributed by atoms with Gasteiger partial charge >= 0.3 is 0 Å². The fourth-order valence-electron chi connectivity index (χ4n) is 5.43. The van der Waals surface area contributed by atoms with Crippen molar-refractivity contribution in [2.24, 2.45) is 5.41 Å². The summed E-state index contributed by atoms with van der Waals surface area (Å²) in [6.07, 6.45) is 6.15. The zero-order valence-corrected chi connectivity index (χ0v) is 21.1. The molecule has 5 rings (SSSR count). The fourth-order valence-corrected chi connectivity index (χ4v) is 5.43. The third-order valence-electron chi connectivity index (χ3n) is 7.78. The van der Waals surface area contributed by atoms with Gasteiger partial charge in [0.2, 0.25) is 5.91 Å². The van der Waals surface area contributed by atoms with Gasteiger partial charge in [0.25, 0.3) is 0 Å². The van der Waals surface area contributed by atoms with E-state index in [1.54, 1.807) is 7.11 Å². The number of benzene rings is 2. The molecule has 2 aromatic carbocycles. The Bertz CT molecular complexity index is 955. The number of aliphatic hydroxyl groups is 1. The molecule has 190 valence electrons. The SMILES string of the molecule is COc1ccccc1CCC(=O)N1CCCCC2(CO)CCN(CC2)Cc2ccccc2OCC1. The Morgan fingerprint density at radius 2 is 1.77 bits per heavy atom. The number of aryl methyl sites for hydroxylation is 1. The maximum Gasteiger partial charge on any atom is 0.223 e. The van der Waals surface area contributed by atoms with Crippen LogP contribution in [0, 0.1) is 5.41 Å². The summed E-state index contributed by atoms with van der Waals surface area (Å²) in [4.78, 5) is 17.7. The molecule has 0 unspecified atom stereocenters. The van der Waals surface area contributed by atoms with E-state index in [1.807, 2.05) is 41.3 Å². The molecule has 3 aliphatic rings. The molecule has 1 amide bonds. The Morgan fingerprint density at radius 1 is 1.00 bits per heavy atom. The Morgan fingerprint density at radius 3 is 2.57 bits per heavy atom. The number of carbonyl (C=O) groups excluding carboxylic acids is 1. The molecule has 1 fully saturated rings. The number of hydrogen-bond donors (Lipinski definition) is 1. The van der Waals surface area contributed by atoms with Crippen molar-refractivity contribution in [3.63, 3.8) is 0 Å². The second kappa shape index (κ2) is 12.4. The molecular weight excluding hydrogens is 440 g/mol. The van der Waals surface area contributed by atoms with Gasteiger partial charge in [-0.25, -0.2) is 0 Å². The average molecular weight is 481 g/mol. The van der Waals surface area contributed by atoms with E-state index in [1.165, 1.54) is 5.56 Å². The molecule has 2 bridgehead atoms. The molecule has 0 saturated carbocycles. The topological polar surface area (TPSA) is 62.2 Å². The second-order valence-electron chi connectivity index (χ2n) is 10.0. The average Bonchev–Trinajstić information content (AvgIpc) is 2.91. The van der Waals surface area contributed by atoms with Gasteiger partial charge in [-0.1, -0.05) is 42.8 Å². The first-order valence-electron chi connectivity index (χ1n) is 13.1. The van der Waals surface area contributed by atoms with Crippen LogP contribution in [0.3, 0.4) is 0 Å². The van der Waals surface area contributed by atoms with Crippen LogP contribution in [0.5, 0.6) is 11.5 Å². The van der Waals surface area contributed by atoms with Crippen LogP contribution in [-0.4, -0.2) is 67.3 Å². The van der Waals surface area contributed by atoms with Gasteiger partial charge in [-0.15, -0.1) is 0 Å². The van der Waals surface area contributed by atoms with Crippen LogP contribution in [0.25, 0.3) is 0 Å². The molecule has 0 aromatic heterocycles. The number of carbonyl (C=O) groups is 1. The molecular formula is C29H40N2O4. The zero-order chi connectivity index (χ0) is 24.5. The monoisotopic (exact) mass is 480 g/mol. The summed E-state index contributed by atoms with van der Waals surface area (Å²) in [7, 11) is 1.67. The highest BCUT2D eigenvalue weighted by atomic mass is 16.5. The molecule has 1 saturated heterocycles. The first kappa shape index (κ1) is 25.5. The lowest BCUT2D eigenvalue weighted by atomic mass is 9.75. The Labute approximate surface area is 209 Å². The number of aliphatic hydroxyl groups excluding tert-OH is 1. The summed E-state index contributed by atoms with van der Waals surface area (Å²) in [6, 6.07) is 16.1. The Balaban J connectivity index is 1.45. The highest BCUT2D eigenvalue weighted by molar-refractivity contribution is 5.76. The molecule has 0 aliphatic carbocycles. The molecule has 0 atom stereocenters. The number of hydrogen-bond acceptors (Lipinski definition) is 5. The van der Waals surface area contributed by atoms with Crippen molar-refractivity contribution in [1.82, 2.24) is 9.80 Å².